The molecule has 0 rings (SSSR count). The molecule has 60 heavy (non-hydrogen) atoms. The van der Waals surface area contributed by atoms with Gasteiger partial charge in [-0.25, -0.2) is 0 Å². The minimum absolute atomic E-state index is 0.0419. The number of hydrogen-bond acceptors (Lipinski definition) is 8. The van der Waals surface area contributed by atoms with Crippen molar-refractivity contribution >= 4 is 19.8 Å². The van der Waals surface area contributed by atoms with E-state index in [-0.39, 0.29) is 26.1 Å². The fraction of sp³-hybridized carbons (Fsp3) is 0.720. The first kappa shape index (κ1) is 57.4. The standard InChI is InChI=1S/C50H88NO8P/c1-6-8-10-12-14-16-18-20-22-23-24-25-26-27-29-31-33-35-37-39-41-43-50(53)59-48(47-58-60(54,55)57-45-44-51(3,4)5)46-56-49(52)42-40-38-36-34-32-30-28-21-19-17-15-13-11-9-7-2/h8,10,14,16,20,22,24-25,27,29,33,35,48H,6-7,9,11-13,15,17-19,21,23,26,28,30-32,34,36-47H2,1-5H3/b10-8-,16-14-,22-20-,25-24-,29-27-,35-33-. The highest BCUT2D eigenvalue weighted by Gasteiger charge is 2.21. The van der Waals surface area contributed by atoms with Gasteiger partial charge in [0.25, 0.3) is 7.82 Å². The number of quaternary nitrogens is 1. The number of nitrogens with zero attached hydrogens (tertiary/aromatic N) is 1. The predicted octanol–water partition coefficient (Wildman–Crippen LogP) is 13.2. The molecule has 0 bridgehead atoms. The summed E-state index contributed by atoms with van der Waals surface area (Å²) < 4.78 is 33.9. The number of phosphoric ester groups is 1. The molecular formula is C50H88NO8P. The van der Waals surface area contributed by atoms with Crippen LogP contribution in [-0.2, 0) is 32.7 Å². The van der Waals surface area contributed by atoms with Crippen LogP contribution in [0.1, 0.15) is 181 Å². The molecule has 0 saturated carbocycles. The number of unbranched alkanes of at least 4 members (excludes halogenated alkanes) is 16. The summed E-state index contributed by atoms with van der Waals surface area (Å²) in [6, 6.07) is 0. The highest BCUT2D eigenvalue weighted by Crippen LogP contribution is 2.38. The molecule has 0 fully saturated rings. The van der Waals surface area contributed by atoms with E-state index in [0.29, 0.717) is 17.4 Å². The molecule has 0 aromatic rings. The number of ether oxygens (including phenoxy) is 2. The van der Waals surface area contributed by atoms with E-state index in [4.69, 9.17) is 18.5 Å². The second-order valence-corrected chi connectivity index (χ2v) is 18.2. The van der Waals surface area contributed by atoms with Gasteiger partial charge in [0.15, 0.2) is 6.10 Å². The summed E-state index contributed by atoms with van der Waals surface area (Å²) in [5.74, 6) is -0.886. The van der Waals surface area contributed by atoms with Crippen molar-refractivity contribution in [2.45, 2.75) is 187 Å². The number of allylic oxidation sites excluding steroid dienone is 12. The first-order valence-corrected chi connectivity index (χ1v) is 25.1. The normalized spacial score (nSPS) is 14.2. The van der Waals surface area contributed by atoms with Crippen LogP contribution in [0.3, 0.4) is 0 Å². The molecule has 0 N–H and O–H groups in total. The van der Waals surface area contributed by atoms with Crippen LogP contribution < -0.4 is 4.89 Å². The topological polar surface area (TPSA) is 111 Å². The molecule has 2 unspecified atom stereocenters. The van der Waals surface area contributed by atoms with E-state index < -0.39 is 32.5 Å². The predicted molar refractivity (Wildman–Crippen MR) is 249 cm³/mol. The van der Waals surface area contributed by atoms with Crippen LogP contribution in [0.5, 0.6) is 0 Å². The van der Waals surface area contributed by atoms with Crippen molar-refractivity contribution in [1.29, 1.82) is 0 Å². The van der Waals surface area contributed by atoms with Gasteiger partial charge in [0, 0.05) is 12.8 Å². The third-order valence-electron chi connectivity index (χ3n) is 9.74. The molecule has 9 nitrogen and oxygen atoms in total. The number of hydrogen-bond donors (Lipinski definition) is 0. The van der Waals surface area contributed by atoms with Crippen molar-refractivity contribution in [2.75, 3.05) is 47.5 Å². The summed E-state index contributed by atoms with van der Waals surface area (Å²) in [6.07, 6.45) is 52.2. The van der Waals surface area contributed by atoms with E-state index in [1.54, 1.807) is 0 Å². The smallest absolute Gasteiger partial charge is 0.306 e. The summed E-state index contributed by atoms with van der Waals surface area (Å²) in [7, 11) is 1.13. The highest BCUT2D eigenvalue weighted by molar-refractivity contribution is 7.45. The van der Waals surface area contributed by atoms with E-state index >= 15 is 0 Å². The van der Waals surface area contributed by atoms with Crippen LogP contribution in [0.2, 0.25) is 0 Å². The number of carbonyl (C=O) groups excluding carboxylic acids is 2. The Bertz CT molecular complexity index is 1250. The molecule has 0 aliphatic heterocycles. The SMILES string of the molecule is CC/C=C\C/C=C\C/C=C\C/C=C\C/C=C\C/C=C\CCCCC(=O)OC(COC(=O)CCCCCCCCCCCCCCCCC)COP(=O)([O-])OCC[N+](C)(C)C. The van der Waals surface area contributed by atoms with Crippen molar-refractivity contribution in [3.63, 3.8) is 0 Å². The quantitative estimate of drug-likeness (QED) is 0.0196. The summed E-state index contributed by atoms with van der Waals surface area (Å²) in [6.45, 7) is 4.06. The Morgan fingerprint density at radius 1 is 0.533 bits per heavy atom. The minimum atomic E-state index is -4.64. The van der Waals surface area contributed by atoms with Gasteiger partial charge in [0.1, 0.15) is 19.8 Å². The molecule has 346 valence electrons. The lowest BCUT2D eigenvalue weighted by Gasteiger charge is -2.28. The van der Waals surface area contributed by atoms with Crippen molar-refractivity contribution in [3.8, 4) is 0 Å². The molecular weight excluding hydrogens is 774 g/mol. The maximum Gasteiger partial charge on any atom is 0.306 e. The van der Waals surface area contributed by atoms with Gasteiger partial charge in [0.2, 0.25) is 0 Å². The second-order valence-electron chi connectivity index (χ2n) is 16.7. The molecule has 0 aliphatic rings. The average molecular weight is 862 g/mol. The maximum absolute atomic E-state index is 12.7. The molecule has 0 radical (unpaired) electrons. The summed E-state index contributed by atoms with van der Waals surface area (Å²) in [5.41, 5.74) is 0. The minimum Gasteiger partial charge on any atom is -0.756 e. The zero-order valence-corrected chi connectivity index (χ0v) is 39.8. The van der Waals surface area contributed by atoms with Crippen molar-refractivity contribution < 1.29 is 42.1 Å². The molecule has 2 atom stereocenters. The Morgan fingerprint density at radius 3 is 1.42 bits per heavy atom. The van der Waals surface area contributed by atoms with Gasteiger partial charge >= 0.3 is 11.9 Å². The molecule has 0 amide bonds. The molecule has 0 aromatic carbocycles. The van der Waals surface area contributed by atoms with Crippen LogP contribution in [0.15, 0.2) is 72.9 Å². The zero-order valence-electron chi connectivity index (χ0n) is 38.9. The van der Waals surface area contributed by atoms with Crippen LogP contribution in [-0.4, -0.2) is 70.0 Å². The van der Waals surface area contributed by atoms with Crippen molar-refractivity contribution in [2.24, 2.45) is 0 Å². The second kappa shape index (κ2) is 41.8. The molecule has 0 heterocycles. The first-order chi connectivity index (χ1) is 29.0. The number of rotatable bonds is 42. The Morgan fingerprint density at radius 2 is 0.950 bits per heavy atom. The van der Waals surface area contributed by atoms with Gasteiger partial charge in [-0.15, -0.1) is 0 Å². The number of carbonyl (C=O) groups is 2. The molecule has 0 saturated heterocycles. The monoisotopic (exact) mass is 862 g/mol. The van der Waals surface area contributed by atoms with E-state index in [2.05, 4.69) is 86.8 Å². The zero-order chi connectivity index (χ0) is 44.3. The fourth-order valence-electron chi connectivity index (χ4n) is 6.07. The lowest BCUT2D eigenvalue weighted by Crippen LogP contribution is -2.37. The molecule has 0 spiro atoms. The number of esters is 2. The Kier molecular flexibility index (Phi) is 40.0. The lowest BCUT2D eigenvalue weighted by atomic mass is 10.0. The summed E-state index contributed by atoms with van der Waals surface area (Å²) in [5, 5.41) is 0. The third-order valence-corrected chi connectivity index (χ3v) is 10.7. The van der Waals surface area contributed by atoms with Crippen LogP contribution >= 0.6 is 7.82 Å². The fourth-order valence-corrected chi connectivity index (χ4v) is 6.80. The molecule has 0 aromatic heterocycles. The van der Waals surface area contributed by atoms with E-state index in [1.807, 2.05) is 21.1 Å². The van der Waals surface area contributed by atoms with Crippen LogP contribution in [0, 0.1) is 0 Å². The Labute approximate surface area is 368 Å². The maximum atomic E-state index is 12.7. The van der Waals surface area contributed by atoms with Crippen molar-refractivity contribution in [3.05, 3.63) is 72.9 Å². The summed E-state index contributed by atoms with van der Waals surface area (Å²) in [4.78, 5) is 37.6. The molecule has 10 heteroatoms. The Balaban J connectivity index is 4.41. The molecule has 0 aliphatic carbocycles. The number of phosphoric acid groups is 1. The van der Waals surface area contributed by atoms with Gasteiger partial charge < -0.3 is 27.9 Å². The van der Waals surface area contributed by atoms with Gasteiger partial charge in [-0.1, -0.05) is 177 Å². The lowest BCUT2D eigenvalue weighted by molar-refractivity contribution is -0.870. The number of likely N-dealkylation sites (N-methyl/N-ethyl adjacent to an activating group) is 1. The Hall–Kier alpha value is -2.55. The van der Waals surface area contributed by atoms with E-state index in [0.717, 1.165) is 70.6 Å². The average Bonchev–Trinajstić information content (AvgIpc) is 3.20. The largest absolute Gasteiger partial charge is 0.756 e. The van der Waals surface area contributed by atoms with Gasteiger partial charge in [-0.05, 0) is 64.2 Å². The van der Waals surface area contributed by atoms with Gasteiger partial charge in [-0.2, -0.15) is 0 Å². The van der Waals surface area contributed by atoms with Crippen molar-refractivity contribution in [1.82, 2.24) is 0 Å². The van der Waals surface area contributed by atoms with E-state index in [1.165, 1.54) is 77.0 Å². The third kappa shape index (κ3) is 45.0. The van der Waals surface area contributed by atoms with E-state index in [9.17, 15) is 19.0 Å². The highest BCUT2D eigenvalue weighted by atomic mass is 31.2. The van der Waals surface area contributed by atoms with Crippen LogP contribution in [0.4, 0.5) is 0 Å². The van der Waals surface area contributed by atoms with Gasteiger partial charge in [0.05, 0.1) is 27.7 Å². The first-order valence-electron chi connectivity index (χ1n) is 23.6. The van der Waals surface area contributed by atoms with Gasteiger partial charge in [-0.3, -0.25) is 14.2 Å². The summed E-state index contributed by atoms with van der Waals surface area (Å²) >= 11 is 0. The van der Waals surface area contributed by atoms with Crippen LogP contribution in [0.25, 0.3) is 0 Å².